The first-order valence-corrected chi connectivity index (χ1v) is 11.3. The first kappa shape index (κ1) is 27.2. The number of guanidine groups is 1. The summed E-state index contributed by atoms with van der Waals surface area (Å²) >= 11 is 0. The smallest absolute Gasteiger partial charge is 0.416 e. The number of nitrogens with one attached hydrogen (secondary N) is 4. The van der Waals surface area contributed by atoms with Crippen LogP contribution in [0.5, 0.6) is 5.75 Å². The van der Waals surface area contributed by atoms with Crippen LogP contribution >= 0.6 is 0 Å². The van der Waals surface area contributed by atoms with Gasteiger partial charge in [-0.1, -0.05) is 6.42 Å². The van der Waals surface area contributed by atoms with Crippen molar-refractivity contribution in [3.63, 3.8) is 0 Å². The molecule has 0 heterocycles. The molecule has 0 aromatic heterocycles. The number of amides is 1. The maximum Gasteiger partial charge on any atom is 0.416 e. The molecule has 12 heteroatoms. The second-order valence-electron chi connectivity index (χ2n) is 8.45. The number of halogens is 6. The number of alkyl halides is 6. The highest BCUT2D eigenvalue weighted by atomic mass is 19.4. The standard InChI is InChI=1S/C24H26F6N4O2/c1-2-32-21(35)16-6-7-19(20(10-16)36-13-14-4-3-5-14)34-22(31)33-12-15-8-17(23(25,26)27)11-18(9-15)24(28,29)30/h6-11,14H,2-5,12-13H2,1H3,(H,32,35)(H3,31,33,34). The van der Waals surface area contributed by atoms with Gasteiger partial charge in [-0.2, -0.15) is 26.3 Å². The SMILES string of the molecule is CCNC(=O)c1ccc(NC(=N)NCc2cc(C(F)(F)F)cc(C(F)(F)F)c2)c(OCC2CCC2)c1. The first-order valence-electron chi connectivity index (χ1n) is 11.3. The molecule has 3 rings (SSSR count). The summed E-state index contributed by atoms with van der Waals surface area (Å²) in [6.45, 7) is 2.15. The van der Waals surface area contributed by atoms with Crippen LogP contribution < -0.4 is 20.7 Å². The predicted molar refractivity (Wildman–Crippen MR) is 122 cm³/mol. The molecule has 0 spiro atoms. The molecule has 0 unspecified atom stereocenters. The van der Waals surface area contributed by atoms with Crippen molar-refractivity contribution in [3.8, 4) is 5.75 Å². The molecule has 1 fully saturated rings. The minimum absolute atomic E-state index is 0.0506. The van der Waals surface area contributed by atoms with Crippen molar-refractivity contribution in [1.82, 2.24) is 10.6 Å². The lowest BCUT2D eigenvalue weighted by Crippen LogP contribution is -2.30. The van der Waals surface area contributed by atoms with Crippen LogP contribution in [0.1, 0.15) is 53.2 Å². The number of carbonyl (C=O) groups is 1. The fourth-order valence-electron chi connectivity index (χ4n) is 3.51. The number of hydrogen-bond acceptors (Lipinski definition) is 3. The van der Waals surface area contributed by atoms with Gasteiger partial charge in [0.1, 0.15) is 5.75 Å². The lowest BCUT2D eigenvalue weighted by Gasteiger charge is -2.26. The van der Waals surface area contributed by atoms with Gasteiger partial charge in [0.15, 0.2) is 5.96 Å². The number of rotatable bonds is 8. The van der Waals surface area contributed by atoms with Gasteiger partial charge in [0, 0.05) is 18.7 Å². The molecular formula is C24H26F6N4O2. The van der Waals surface area contributed by atoms with Gasteiger partial charge in [0.2, 0.25) is 0 Å². The molecule has 36 heavy (non-hydrogen) atoms. The Balaban J connectivity index is 1.74. The highest BCUT2D eigenvalue weighted by molar-refractivity contribution is 5.97. The Hall–Kier alpha value is -3.44. The molecule has 1 aliphatic carbocycles. The number of ether oxygens (including phenoxy) is 1. The van der Waals surface area contributed by atoms with Crippen LogP contribution in [-0.4, -0.2) is 25.0 Å². The predicted octanol–water partition coefficient (Wildman–Crippen LogP) is 5.79. The molecule has 0 bridgehead atoms. The number of carbonyl (C=O) groups excluding carboxylic acids is 1. The third kappa shape index (κ3) is 7.28. The summed E-state index contributed by atoms with van der Waals surface area (Å²) in [4.78, 5) is 12.2. The lowest BCUT2D eigenvalue weighted by atomic mass is 9.86. The van der Waals surface area contributed by atoms with Crippen molar-refractivity contribution in [2.24, 2.45) is 5.92 Å². The summed E-state index contributed by atoms with van der Waals surface area (Å²) in [5, 5.41) is 15.9. The van der Waals surface area contributed by atoms with E-state index >= 15 is 0 Å². The van der Waals surface area contributed by atoms with E-state index in [4.69, 9.17) is 10.1 Å². The van der Waals surface area contributed by atoms with E-state index in [-0.39, 0.29) is 23.5 Å². The molecule has 0 saturated heterocycles. The fourth-order valence-corrected chi connectivity index (χ4v) is 3.51. The molecule has 196 valence electrons. The number of hydrogen-bond donors (Lipinski definition) is 4. The Bertz CT molecular complexity index is 1060. The highest BCUT2D eigenvalue weighted by Crippen LogP contribution is 2.36. The Kier molecular flexibility index (Phi) is 8.36. The van der Waals surface area contributed by atoms with Crippen LogP contribution in [0.3, 0.4) is 0 Å². The van der Waals surface area contributed by atoms with Gasteiger partial charge in [-0.05, 0) is 67.6 Å². The molecule has 2 aromatic rings. The molecule has 1 aliphatic rings. The molecular weight excluding hydrogens is 490 g/mol. The van der Waals surface area contributed by atoms with Crippen LogP contribution in [0.2, 0.25) is 0 Å². The summed E-state index contributed by atoms with van der Waals surface area (Å²) < 4.78 is 84.3. The van der Waals surface area contributed by atoms with Crippen molar-refractivity contribution in [1.29, 1.82) is 5.41 Å². The third-order valence-electron chi connectivity index (χ3n) is 5.66. The summed E-state index contributed by atoms with van der Waals surface area (Å²) in [5.41, 5.74) is -2.49. The quantitative estimate of drug-likeness (QED) is 0.203. The van der Waals surface area contributed by atoms with E-state index in [2.05, 4.69) is 16.0 Å². The van der Waals surface area contributed by atoms with Crippen molar-refractivity contribution in [3.05, 3.63) is 58.7 Å². The summed E-state index contributed by atoms with van der Waals surface area (Å²) in [5.74, 6) is -0.00102. The molecule has 2 aromatic carbocycles. The van der Waals surface area contributed by atoms with Gasteiger partial charge in [-0.3, -0.25) is 10.2 Å². The van der Waals surface area contributed by atoms with Crippen LogP contribution in [0.25, 0.3) is 0 Å². The third-order valence-corrected chi connectivity index (χ3v) is 5.66. The van der Waals surface area contributed by atoms with Gasteiger partial charge in [-0.15, -0.1) is 0 Å². The lowest BCUT2D eigenvalue weighted by molar-refractivity contribution is -0.143. The maximum atomic E-state index is 13.1. The van der Waals surface area contributed by atoms with Crippen LogP contribution in [0.15, 0.2) is 36.4 Å². The molecule has 0 aliphatic heterocycles. The van der Waals surface area contributed by atoms with E-state index in [0.29, 0.717) is 48.2 Å². The monoisotopic (exact) mass is 516 g/mol. The van der Waals surface area contributed by atoms with Gasteiger partial charge >= 0.3 is 12.4 Å². The average molecular weight is 516 g/mol. The number of anilines is 1. The second kappa shape index (κ2) is 11.1. The molecule has 4 N–H and O–H groups in total. The van der Waals surface area contributed by atoms with E-state index < -0.39 is 30.0 Å². The highest BCUT2D eigenvalue weighted by Gasteiger charge is 2.36. The first-order chi connectivity index (χ1) is 16.9. The van der Waals surface area contributed by atoms with Gasteiger partial charge in [0.05, 0.1) is 23.4 Å². The van der Waals surface area contributed by atoms with E-state index in [0.717, 1.165) is 19.3 Å². The molecule has 0 radical (unpaired) electrons. The Morgan fingerprint density at radius 2 is 1.64 bits per heavy atom. The Labute approximate surface area is 203 Å². The van der Waals surface area contributed by atoms with Crippen LogP contribution in [0, 0.1) is 11.3 Å². The van der Waals surface area contributed by atoms with Gasteiger partial charge in [0.25, 0.3) is 5.91 Å². The zero-order chi connectivity index (χ0) is 26.5. The van der Waals surface area contributed by atoms with Crippen LogP contribution in [-0.2, 0) is 18.9 Å². The van der Waals surface area contributed by atoms with E-state index in [1.165, 1.54) is 18.2 Å². The van der Waals surface area contributed by atoms with Gasteiger partial charge in [-0.25, -0.2) is 0 Å². The zero-order valence-corrected chi connectivity index (χ0v) is 19.4. The normalized spacial score (nSPS) is 14.1. The summed E-state index contributed by atoms with van der Waals surface area (Å²) in [7, 11) is 0. The Morgan fingerprint density at radius 3 is 2.17 bits per heavy atom. The Morgan fingerprint density at radius 1 is 1.00 bits per heavy atom. The largest absolute Gasteiger partial charge is 0.491 e. The van der Waals surface area contributed by atoms with Crippen molar-refractivity contribution < 1.29 is 35.9 Å². The van der Waals surface area contributed by atoms with Crippen molar-refractivity contribution >= 4 is 17.6 Å². The fraction of sp³-hybridized carbons (Fsp3) is 0.417. The topological polar surface area (TPSA) is 86.2 Å². The number of benzene rings is 2. The molecule has 0 atom stereocenters. The second-order valence-corrected chi connectivity index (χ2v) is 8.45. The van der Waals surface area contributed by atoms with Crippen molar-refractivity contribution in [2.75, 3.05) is 18.5 Å². The summed E-state index contributed by atoms with van der Waals surface area (Å²) in [6, 6.07) is 5.80. The molecule has 1 amide bonds. The van der Waals surface area contributed by atoms with E-state index in [1.807, 2.05) is 0 Å². The van der Waals surface area contributed by atoms with Crippen molar-refractivity contribution in [2.45, 2.75) is 45.1 Å². The summed E-state index contributed by atoms with van der Waals surface area (Å²) in [6.07, 6.45) is -6.77. The van der Waals surface area contributed by atoms with E-state index in [9.17, 15) is 31.1 Å². The maximum absolute atomic E-state index is 13.1. The van der Waals surface area contributed by atoms with Crippen LogP contribution in [0.4, 0.5) is 32.0 Å². The van der Waals surface area contributed by atoms with E-state index in [1.54, 1.807) is 6.92 Å². The average Bonchev–Trinajstić information content (AvgIpc) is 2.76. The molecule has 1 saturated carbocycles. The zero-order valence-electron chi connectivity index (χ0n) is 19.4. The van der Waals surface area contributed by atoms with Gasteiger partial charge < -0.3 is 20.7 Å². The molecule has 6 nitrogen and oxygen atoms in total. The minimum atomic E-state index is -4.96. The minimum Gasteiger partial charge on any atom is -0.491 e.